The van der Waals surface area contributed by atoms with E-state index in [9.17, 15) is 14.0 Å². The van der Waals surface area contributed by atoms with Crippen LogP contribution in [0, 0.1) is 5.95 Å². The van der Waals surface area contributed by atoms with Crippen LogP contribution in [0.5, 0.6) is 0 Å². The molecule has 0 bridgehead atoms. The van der Waals surface area contributed by atoms with E-state index in [2.05, 4.69) is 37.8 Å². The maximum atomic E-state index is 14.3. The van der Waals surface area contributed by atoms with Crippen LogP contribution in [0.4, 0.5) is 15.9 Å². The minimum absolute atomic E-state index is 0.0161. The molecule has 0 unspecified atom stereocenters. The Morgan fingerprint density at radius 2 is 1.85 bits per heavy atom. The topological polar surface area (TPSA) is 103 Å². The Bertz CT molecular complexity index is 1590. The smallest absolute Gasteiger partial charge is 0.243 e. The standard InChI is InChI=1S/C31H31FN6O3/c1-2-30(40)35-23-18-38(19-23)24-14-22(34-29(32)16-24)15-25(39)13-20-3-5-21(6-4-20)28-17-26-27(36-28)7-8-33-31(26)37-9-11-41-12-10-37/h2-8,14,16-17,23,36H,1,9-13,15,18-19H2,(H,35,40). The largest absolute Gasteiger partial charge is 0.378 e. The molecule has 210 valence electrons. The van der Waals surface area contributed by atoms with Gasteiger partial charge in [0.1, 0.15) is 11.6 Å². The number of hydrogen-bond donors (Lipinski definition) is 2. The number of amides is 1. The summed E-state index contributed by atoms with van der Waals surface area (Å²) in [5.41, 5.74) is 4.94. The van der Waals surface area contributed by atoms with Crippen molar-refractivity contribution in [3.63, 3.8) is 0 Å². The summed E-state index contributed by atoms with van der Waals surface area (Å²) in [6.45, 7) is 7.59. The van der Waals surface area contributed by atoms with Gasteiger partial charge in [0.05, 0.1) is 30.5 Å². The van der Waals surface area contributed by atoms with Crippen molar-refractivity contribution < 1.29 is 18.7 Å². The number of hydrogen-bond acceptors (Lipinski definition) is 7. The quantitative estimate of drug-likeness (QED) is 0.241. The van der Waals surface area contributed by atoms with Gasteiger partial charge in [-0.25, -0.2) is 9.97 Å². The van der Waals surface area contributed by atoms with Gasteiger partial charge in [0.2, 0.25) is 11.9 Å². The van der Waals surface area contributed by atoms with Gasteiger partial charge >= 0.3 is 0 Å². The predicted octanol–water partition coefficient (Wildman–Crippen LogP) is 3.45. The number of ketones is 1. The van der Waals surface area contributed by atoms with Gasteiger partial charge in [0, 0.05) is 68.1 Å². The number of halogens is 1. The summed E-state index contributed by atoms with van der Waals surface area (Å²) >= 11 is 0. The van der Waals surface area contributed by atoms with Crippen molar-refractivity contribution in [3.05, 3.63) is 84.6 Å². The molecule has 3 aromatic heterocycles. The molecule has 4 aromatic rings. The first-order valence-electron chi connectivity index (χ1n) is 13.7. The summed E-state index contributed by atoms with van der Waals surface area (Å²) in [7, 11) is 0. The second-order valence-corrected chi connectivity index (χ2v) is 10.4. The minimum atomic E-state index is -0.626. The molecule has 2 aliphatic heterocycles. The fourth-order valence-corrected chi connectivity index (χ4v) is 5.37. The monoisotopic (exact) mass is 554 g/mol. The number of carbonyl (C=O) groups excluding carboxylic acids is 2. The van der Waals surface area contributed by atoms with Crippen molar-refractivity contribution in [3.8, 4) is 11.3 Å². The number of nitrogens with zero attached hydrogens (tertiary/aromatic N) is 4. The zero-order chi connectivity index (χ0) is 28.3. The van der Waals surface area contributed by atoms with Gasteiger partial charge < -0.3 is 24.8 Å². The number of carbonyl (C=O) groups is 2. The molecular formula is C31H31FN6O3. The van der Waals surface area contributed by atoms with Crippen molar-refractivity contribution in [1.29, 1.82) is 0 Å². The van der Waals surface area contributed by atoms with Crippen LogP contribution in [0.15, 0.2) is 67.4 Å². The third-order valence-electron chi connectivity index (χ3n) is 7.49. The lowest BCUT2D eigenvalue weighted by Crippen LogP contribution is -2.59. The van der Waals surface area contributed by atoms with Crippen molar-refractivity contribution in [2.45, 2.75) is 18.9 Å². The molecule has 6 rings (SSSR count). The van der Waals surface area contributed by atoms with Gasteiger partial charge in [-0.3, -0.25) is 9.59 Å². The molecule has 0 aliphatic carbocycles. The summed E-state index contributed by atoms with van der Waals surface area (Å²) in [4.78, 5) is 40.6. The highest BCUT2D eigenvalue weighted by Crippen LogP contribution is 2.30. The zero-order valence-corrected chi connectivity index (χ0v) is 22.6. The average molecular weight is 555 g/mol. The molecule has 0 spiro atoms. The molecule has 0 saturated carbocycles. The van der Waals surface area contributed by atoms with Gasteiger partial charge in [-0.05, 0) is 35.4 Å². The number of pyridine rings is 2. The minimum Gasteiger partial charge on any atom is -0.378 e. The number of anilines is 2. The highest BCUT2D eigenvalue weighted by Gasteiger charge is 2.28. The zero-order valence-electron chi connectivity index (χ0n) is 22.6. The molecule has 9 nitrogen and oxygen atoms in total. The summed E-state index contributed by atoms with van der Waals surface area (Å²) < 4.78 is 19.7. The first kappa shape index (κ1) is 26.6. The van der Waals surface area contributed by atoms with Crippen molar-refractivity contribution in [1.82, 2.24) is 20.3 Å². The van der Waals surface area contributed by atoms with E-state index in [0.29, 0.717) is 37.7 Å². The third kappa shape index (κ3) is 5.97. The Morgan fingerprint density at radius 3 is 2.61 bits per heavy atom. The van der Waals surface area contributed by atoms with E-state index in [0.717, 1.165) is 46.6 Å². The molecule has 5 heterocycles. The molecule has 0 radical (unpaired) electrons. The average Bonchev–Trinajstić information content (AvgIpc) is 3.39. The Labute approximate surface area is 237 Å². The molecule has 0 atom stereocenters. The predicted molar refractivity (Wildman–Crippen MR) is 156 cm³/mol. The number of Topliss-reactive ketones (excluding diaryl/α,β-unsaturated/α-hetero) is 1. The van der Waals surface area contributed by atoms with Crippen LogP contribution >= 0.6 is 0 Å². The lowest BCUT2D eigenvalue weighted by molar-refractivity contribution is -0.118. The number of rotatable bonds is 9. The van der Waals surface area contributed by atoms with Crippen LogP contribution in [0.2, 0.25) is 0 Å². The fourth-order valence-electron chi connectivity index (χ4n) is 5.37. The molecule has 10 heteroatoms. The molecule has 2 N–H and O–H groups in total. The second kappa shape index (κ2) is 11.5. The maximum absolute atomic E-state index is 14.3. The Morgan fingerprint density at radius 1 is 1.07 bits per heavy atom. The molecular weight excluding hydrogens is 523 g/mol. The van der Waals surface area contributed by atoms with Crippen molar-refractivity contribution in [2.75, 3.05) is 49.2 Å². The number of H-pyrrole nitrogens is 1. The molecule has 2 aliphatic rings. The van der Waals surface area contributed by atoms with E-state index < -0.39 is 5.95 Å². The lowest BCUT2D eigenvalue weighted by atomic mass is 10.0. The highest BCUT2D eigenvalue weighted by atomic mass is 19.1. The number of morpholine rings is 1. The molecule has 2 saturated heterocycles. The fraction of sp³-hybridized carbons (Fsp3) is 0.290. The van der Waals surface area contributed by atoms with E-state index in [1.54, 1.807) is 6.07 Å². The summed E-state index contributed by atoms with van der Waals surface area (Å²) in [6, 6.07) is 15.1. The van der Waals surface area contributed by atoms with E-state index in [4.69, 9.17) is 4.74 Å². The van der Waals surface area contributed by atoms with Crippen LogP contribution in [0.3, 0.4) is 0 Å². The van der Waals surface area contributed by atoms with E-state index >= 15 is 0 Å². The number of fused-ring (bicyclic) bond motifs is 1. The number of aromatic nitrogens is 3. The summed E-state index contributed by atoms with van der Waals surface area (Å²) in [5.74, 6) is 0.0522. The van der Waals surface area contributed by atoms with Crippen LogP contribution in [0.25, 0.3) is 22.2 Å². The van der Waals surface area contributed by atoms with Gasteiger partial charge in [-0.1, -0.05) is 30.8 Å². The molecule has 1 amide bonds. The van der Waals surface area contributed by atoms with E-state index in [1.807, 2.05) is 41.4 Å². The third-order valence-corrected chi connectivity index (χ3v) is 7.49. The second-order valence-electron chi connectivity index (χ2n) is 10.4. The van der Waals surface area contributed by atoms with Crippen LogP contribution in [-0.4, -0.2) is 72.1 Å². The number of ether oxygens (including phenoxy) is 1. The highest BCUT2D eigenvalue weighted by molar-refractivity contribution is 5.94. The van der Waals surface area contributed by atoms with Gasteiger partial charge in [-0.2, -0.15) is 4.39 Å². The molecule has 1 aromatic carbocycles. The van der Waals surface area contributed by atoms with E-state index in [-0.39, 0.29) is 30.6 Å². The summed E-state index contributed by atoms with van der Waals surface area (Å²) in [6.07, 6.45) is 3.32. The van der Waals surface area contributed by atoms with Crippen molar-refractivity contribution >= 4 is 34.1 Å². The molecule has 41 heavy (non-hydrogen) atoms. The molecule has 2 fully saturated rings. The Kier molecular flexibility index (Phi) is 7.47. The van der Waals surface area contributed by atoms with Gasteiger partial charge in [0.25, 0.3) is 0 Å². The summed E-state index contributed by atoms with van der Waals surface area (Å²) in [5, 5.41) is 3.89. The van der Waals surface area contributed by atoms with Gasteiger partial charge in [-0.15, -0.1) is 0 Å². The number of benzene rings is 1. The van der Waals surface area contributed by atoms with Crippen LogP contribution in [-0.2, 0) is 27.2 Å². The normalized spacial score (nSPS) is 15.5. The maximum Gasteiger partial charge on any atom is 0.243 e. The SMILES string of the molecule is C=CC(=O)NC1CN(c2cc(F)nc(CC(=O)Cc3ccc(-c4cc5c(N6CCOCC6)nccc5[nH]4)cc3)c2)C1. The van der Waals surface area contributed by atoms with Crippen LogP contribution < -0.4 is 15.1 Å². The first-order chi connectivity index (χ1) is 19.9. The number of nitrogens with one attached hydrogen (secondary N) is 2. The Hall–Kier alpha value is -4.57. The Balaban J connectivity index is 1.09. The first-order valence-corrected chi connectivity index (χ1v) is 13.7. The van der Waals surface area contributed by atoms with Gasteiger partial charge in [0.15, 0.2) is 0 Å². The van der Waals surface area contributed by atoms with Crippen molar-refractivity contribution in [2.24, 2.45) is 0 Å². The lowest BCUT2D eigenvalue weighted by Gasteiger charge is -2.41. The van der Waals surface area contributed by atoms with E-state index in [1.165, 1.54) is 12.1 Å². The number of aromatic amines is 1. The van der Waals surface area contributed by atoms with Crippen LogP contribution in [0.1, 0.15) is 11.3 Å².